The number of hydrogen-bond donors (Lipinski definition) is 0. The van der Waals surface area contributed by atoms with Gasteiger partial charge < -0.3 is 4.74 Å². The standard InChI is InChI=1S/C20H20F3NO4S/c1-2-28-19(25)15-5-11-18(12-6-15)29(26,27)24(17-9-10-17)13-14-3-7-16(8-4-14)20(21,22)23/h3-8,11-12,17H,2,9-10,13H2,1H3. The zero-order valence-corrected chi connectivity index (χ0v) is 16.5. The topological polar surface area (TPSA) is 63.7 Å². The molecule has 0 heterocycles. The highest BCUT2D eigenvalue weighted by atomic mass is 32.2. The lowest BCUT2D eigenvalue weighted by Crippen LogP contribution is -2.32. The van der Waals surface area contributed by atoms with Gasteiger partial charge in [0, 0.05) is 12.6 Å². The van der Waals surface area contributed by atoms with Crippen LogP contribution in [0, 0.1) is 0 Å². The lowest BCUT2D eigenvalue weighted by atomic mass is 10.1. The van der Waals surface area contributed by atoms with Crippen molar-refractivity contribution in [1.82, 2.24) is 4.31 Å². The molecule has 29 heavy (non-hydrogen) atoms. The summed E-state index contributed by atoms with van der Waals surface area (Å²) in [6, 6.07) is 9.72. The van der Waals surface area contributed by atoms with E-state index < -0.39 is 27.7 Å². The summed E-state index contributed by atoms with van der Waals surface area (Å²) in [4.78, 5) is 11.8. The molecule has 0 atom stereocenters. The van der Waals surface area contributed by atoms with Crippen LogP contribution in [0.2, 0.25) is 0 Å². The highest BCUT2D eigenvalue weighted by Gasteiger charge is 2.38. The van der Waals surface area contributed by atoms with Crippen LogP contribution in [0.3, 0.4) is 0 Å². The van der Waals surface area contributed by atoms with Crippen LogP contribution < -0.4 is 0 Å². The second-order valence-electron chi connectivity index (χ2n) is 6.72. The second kappa shape index (κ2) is 8.16. The van der Waals surface area contributed by atoms with Crippen LogP contribution in [0.25, 0.3) is 0 Å². The number of esters is 1. The fourth-order valence-electron chi connectivity index (χ4n) is 2.86. The number of sulfonamides is 1. The van der Waals surface area contributed by atoms with Crippen LogP contribution >= 0.6 is 0 Å². The van der Waals surface area contributed by atoms with Crippen LogP contribution in [0.15, 0.2) is 53.4 Å². The van der Waals surface area contributed by atoms with E-state index in [1.807, 2.05) is 0 Å². The number of rotatable bonds is 7. The van der Waals surface area contributed by atoms with E-state index in [2.05, 4.69) is 0 Å². The minimum atomic E-state index is -4.44. The maximum atomic E-state index is 13.1. The predicted octanol–water partition coefficient (Wildman–Crippen LogP) is 4.24. The number of carbonyl (C=O) groups excluding carboxylic acids is 1. The second-order valence-corrected chi connectivity index (χ2v) is 8.61. The number of alkyl halides is 3. The Balaban J connectivity index is 1.82. The third-order valence-electron chi connectivity index (χ3n) is 4.55. The van der Waals surface area contributed by atoms with E-state index >= 15 is 0 Å². The Morgan fingerprint density at radius 2 is 1.66 bits per heavy atom. The number of ether oxygens (including phenoxy) is 1. The summed E-state index contributed by atoms with van der Waals surface area (Å²) in [5, 5.41) is 0. The third-order valence-corrected chi connectivity index (χ3v) is 6.46. The lowest BCUT2D eigenvalue weighted by Gasteiger charge is -2.22. The maximum Gasteiger partial charge on any atom is 0.416 e. The summed E-state index contributed by atoms with van der Waals surface area (Å²) < 4.78 is 70.5. The number of nitrogens with zero attached hydrogens (tertiary/aromatic N) is 1. The van der Waals surface area contributed by atoms with Crippen molar-refractivity contribution in [2.75, 3.05) is 6.61 Å². The van der Waals surface area contributed by atoms with Gasteiger partial charge >= 0.3 is 12.1 Å². The summed E-state index contributed by atoms with van der Waals surface area (Å²) in [6.07, 6.45) is -3.05. The molecule has 1 saturated carbocycles. The molecule has 0 unspecified atom stereocenters. The van der Waals surface area contributed by atoms with Crippen LogP contribution in [0.1, 0.15) is 41.3 Å². The number of benzene rings is 2. The molecule has 2 aromatic carbocycles. The van der Waals surface area contributed by atoms with E-state index in [1.165, 1.54) is 40.7 Å². The van der Waals surface area contributed by atoms with Gasteiger partial charge in [0.15, 0.2) is 0 Å². The molecule has 1 aliphatic rings. The SMILES string of the molecule is CCOC(=O)c1ccc(S(=O)(=O)N(Cc2ccc(C(F)(F)F)cc2)C2CC2)cc1. The molecule has 5 nitrogen and oxygen atoms in total. The zero-order chi connectivity index (χ0) is 21.2. The van der Waals surface area contributed by atoms with Gasteiger partial charge in [0.1, 0.15) is 0 Å². The van der Waals surface area contributed by atoms with Crippen LogP contribution in [0.4, 0.5) is 13.2 Å². The van der Waals surface area contributed by atoms with E-state index in [0.717, 1.165) is 12.1 Å². The van der Waals surface area contributed by atoms with Gasteiger partial charge in [-0.2, -0.15) is 17.5 Å². The largest absolute Gasteiger partial charge is 0.462 e. The summed E-state index contributed by atoms with van der Waals surface area (Å²) >= 11 is 0. The molecule has 0 amide bonds. The molecule has 3 rings (SSSR count). The fourth-order valence-corrected chi connectivity index (χ4v) is 4.54. The van der Waals surface area contributed by atoms with Gasteiger partial charge in [0.2, 0.25) is 10.0 Å². The van der Waals surface area contributed by atoms with Gasteiger partial charge in [0.25, 0.3) is 0 Å². The van der Waals surface area contributed by atoms with Gasteiger partial charge in [0.05, 0.1) is 22.6 Å². The first-order valence-corrected chi connectivity index (χ1v) is 10.5. The van der Waals surface area contributed by atoms with Crippen LogP contribution in [-0.2, 0) is 27.5 Å². The minimum absolute atomic E-state index is 0.0179. The van der Waals surface area contributed by atoms with Crippen molar-refractivity contribution in [1.29, 1.82) is 0 Å². The van der Waals surface area contributed by atoms with Crippen molar-refractivity contribution in [3.63, 3.8) is 0 Å². The van der Waals surface area contributed by atoms with Gasteiger partial charge in [-0.25, -0.2) is 13.2 Å². The van der Waals surface area contributed by atoms with E-state index in [0.29, 0.717) is 18.4 Å². The van der Waals surface area contributed by atoms with Crippen molar-refractivity contribution in [3.8, 4) is 0 Å². The summed E-state index contributed by atoms with van der Waals surface area (Å²) in [5.41, 5.74) is -0.0697. The number of carbonyl (C=O) groups is 1. The summed E-state index contributed by atoms with van der Waals surface area (Å²) in [5.74, 6) is -0.541. The predicted molar refractivity (Wildman–Crippen MR) is 99.6 cm³/mol. The third kappa shape index (κ3) is 4.97. The monoisotopic (exact) mass is 427 g/mol. The Morgan fingerprint density at radius 3 is 2.14 bits per heavy atom. The molecule has 0 spiro atoms. The Hall–Kier alpha value is -2.39. The highest BCUT2D eigenvalue weighted by molar-refractivity contribution is 7.89. The average Bonchev–Trinajstić information content (AvgIpc) is 3.51. The minimum Gasteiger partial charge on any atom is -0.462 e. The van der Waals surface area contributed by atoms with Gasteiger partial charge in [-0.3, -0.25) is 0 Å². The van der Waals surface area contributed by atoms with Crippen molar-refractivity contribution >= 4 is 16.0 Å². The number of halogens is 3. The van der Waals surface area contributed by atoms with Crippen molar-refractivity contribution < 1.29 is 31.1 Å². The number of hydrogen-bond acceptors (Lipinski definition) is 4. The molecule has 0 bridgehead atoms. The first-order valence-electron chi connectivity index (χ1n) is 9.08. The van der Waals surface area contributed by atoms with Gasteiger partial charge in [-0.05, 0) is 61.7 Å². The zero-order valence-electron chi connectivity index (χ0n) is 15.6. The Kier molecular flexibility index (Phi) is 6.00. The Labute approximate surface area is 167 Å². The first kappa shape index (κ1) is 21.3. The smallest absolute Gasteiger partial charge is 0.416 e. The molecule has 0 aromatic heterocycles. The van der Waals surface area contributed by atoms with E-state index in [9.17, 15) is 26.4 Å². The van der Waals surface area contributed by atoms with Crippen LogP contribution in [-0.4, -0.2) is 31.3 Å². The van der Waals surface area contributed by atoms with E-state index in [4.69, 9.17) is 4.74 Å². The Bertz CT molecular complexity index is 966. The lowest BCUT2D eigenvalue weighted by molar-refractivity contribution is -0.137. The maximum absolute atomic E-state index is 13.1. The molecule has 1 fully saturated rings. The van der Waals surface area contributed by atoms with Gasteiger partial charge in [-0.1, -0.05) is 12.1 Å². The van der Waals surface area contributed by atoms with Crippen molar-refractivity contribution in [2.45, 2.75) is 43.4 Å². The normalized spacial score (nSPS) is 14.8. The van der Waals surface area contributed by atoms with Crippen LogP contribution in [0.5, 0.6) is 0 Å². The fraction of sp³-hybridized carbons (Fsp3) is 0.350. The highest BCUT2D eigenvalue weighted by Crippen LogP contribution is 2.34. The molecule has 1 aliphatic carbocycles. The van der Waals surface area contributed by atoms with E-state index in [-0.39, 0.29) is 29.7 Å². The molecule has 2 aromatic rings. The summed E-state index contributed by atoms with van der Waals surface area (Å²) in [7, 11) is -3.87. The van der Waals surface area contributed by atoms with Crippen molar-refractivity contribution in [3.05, 3.63) is 65.2 Å². The van der Waals surface area contributed by atoms with E-state index in [1.54, 1.807) is 6.92 Å². The van der Waals surface area contributed by atoms with Gasteiger partial charge in [-0.15, -0.1) is 0 Å². The molecule has 0 N–H and O–H groups in total. The molecule has 0 aliphatic heterocycles. The molecular formula is C20H20F3NO4S. The quantitative estimate of drug-likeness (QED) is 0.621. The molecule has 156 valence electrons. The molecule has 0 radical (unpaired) electrons. The Morgan fingerprint density at radius 1 is 1.07 bits per heavy atom. The summed E-state index contributed by atoms with van der Waals surface area (Å²) in [6.45, 7) is 1.86. The molecular weight excluding hydrogens is 407 g/mol. The molecule has 9 heteroatoms. The van der Waals surface area contributed by atoms with Crippen molar-refractivity contribution in [2.24, 2.45) is 0 Å². The molecule has 0 saturated heterocycles. The average molecular weight is 427 g/mol. The first-order chi connectivity index (χ1) is 13.6.